The van der Waals surface area contributed by atoms with Crippen LogP contribution < -0.4 is 5.32 Å². The predicted octanol–water partition coefficient (Wildman–Crippen LogP) is 2.80. The highest BCUT2D eigenvalue weighted by molar-refractivity contribution is 7.10. The summed E-state index contributed by atoms with van der Waals surface area (Å²) in [7, 11) is 0. The molecular weight excluding hydrogens is 256 g/mol. The van der Waals surface area contributed by atoms with E-state index >= 15 is 0 Å². The molecule has 3 rings (SSSR count). The minimum absolute atomic E-state index is 0.280. The van der Waals surface area contributed by atoms with E-state index in [2.05, 4.69) is 22.8 Å². The lowest BCUT2D eigenvalue weighted by atomic mass is 10.1. The first-order valence-corrected chi connectivity index (χ1v) is 8.27. The Bertz CT molecular complexity index is 408. The van der Waals surface area contributed by atoms with Crippen LogP contribution in [0.4, 0.5) is 0 Å². The fourth-order valence-corrected chi connectivity index (χ4v) is 3.74. The van der Waals surface area contributed by atoms with Gasteiger partial charge in [0.2, 0.25) is 5.91 Å². The van der Waals surface area contributed by atoms with Crippen molar-refractivity contribution < 1.29 is 4.79 Å². The molecule has 2 fully saturated rings. The summed E-state index contributed by atoms with van der Waals surface area (Å²) in [5, 5.41) is 5.62. The molecule has 1 aliphatic carbocycles. The average molecular weight is 278 g/mol. The van der Waals surface area contributed by atoms with E-state index in [1.54, 1.807) is 11.3 Å². The molecule has 1 aromatic rings. The third kappa shape index (κ3) is 3.37. The third-order valence-corrected chi connectivity index (χ3v) is 5.08. The van der Waals surface area contributed by atoms with Crippen molar-refractivity contribution in [1.82, 2.24) is 10.2 Å². The third-order valence-electron chi connectivity index (χ3n) is 4.13. The van der Waals surface area contributed by atoms with E-state index < -0.39 is 0 Å². The molecule has 1 unspecified atom stereocenters. The zero-order valence-electron chi connectivity index (χ0n) is 11.3. The highest BCUT2D eigenvalue weighted by Gasteiger charge is 2.33. The molecule has 0 bridgehead atoms. The van der Waals surface area contributed by atoms with Crippen LogP contribution in [0.5, 0.6) is 0 Å². The van der Waals surface area contributed by atoms with Crippen LogP contribution in [0.3, 0.4) is 0 Å². The lowest BCUT2D eigenvalue weighted by Gasteiger charge is -2.27. The van der Waals surface area contributed by atoms with Gasteiger partial charge in [0.15, 0.2) is 0 Å². The number of amides is 1. The zero-order valence-corrected chi connectivity index (χ0v) is 12.1. The molecule has 2 aliphatic rings. The summed E-state index contributed by atoms with van der Waals surface area (Å²) in [6, 6.07) is 4.68. The second-order valence-electron chi connectivity index (χ2n) is 5.65. The molecule has 1 aliphatic heterocycles. The molecule has 0 aromatic carbocycles. The number of carbonyl (C=O) groups is 1. The number of hydrogen-bond acceptors (Lipinski definition) is 3. The van der Waals surface area contributed by atoms with Crippen molar-refractivity contribution in [3.8, 4) is 0 Å². The molecular formula is C15H22N2OS. The normalized spacial score (nSPS) is 21.4. The molecule has 2 heterocycles. The Morgan fingerprint density at radius 1 is 1.37 bits per heavy atom. The molecule has 1 amide bonds. The number of piperidine rings is 1. The zero-order chi connectivity index (χ0) is 13.1. The Kier molecular flexibility index (Phi) is 4.18. The van der Waals surface area contributed by atoms with Gasteiger partial charge in [0.25, 0.3) is 0 Å². The first kappa shape index (κ1) is 13.1. The Hall–Kier alpha value is -0.870. The Morgan fingerprint density at radius 2 is 2.16 bits per heavy atom. The van der Waals surface area contributed by atoms with Crippen molar-refractivity contribution in [2.45, 2.75) is 38.1 Å². The Morgan fingerprint density at radius 3 is 2.79 bits per heavy atom. The van der Waals surface area contributed by atoms with Crippen molar-refractivity contribution >= 4 is 17.2 Å². The summed E-state index contributed by atoms with van der Waals surface area (Å²) in [6.45, 7) is 2.40. The van der Waals surface area contributed by atoms with Gasteiger partial charge in [-0.15, -0.1) is 11.3 Å². The number of thiophene rings is 1. The van der Waals surface area contributed by atoms with Crippen molar-refractivity contribution in [2.75, 3.05) is 19.6 Å². The van der Waals surface area contributed by atoms with Gasteiger partial charge in [-0.1, -0.05) is 6.07 Å². The van der Waals surface area contributed by atoms with Crippen molar-refractivity contribution in [2.24, 2.45) is 5.92 Å². The quantitative estimate of drug-likeness (QED) is 0.898. The highest BCUT2D eigenvalue weighted by atomic mass is 32.1. The number of nitrogens with zero attached hydrogens (tertiary/aromatic N) is 1. The van der Waals surface area contributed by atoms with E-state index in [-0.39, 0.29) is 5.91 Å². The number of nitrogens with one attached hydrogen (secondary N) is 1. The topological polar surface area (TPSA) is 32.3 Å². The molecule has 0 spiro atoms. The van der Waals surface area contributed by atoms with Gasteiger partial charge in [0.05, 0.1) is 6.54 Å². The van der Waals surface area contributed by atoms with Gasteiger partial charge in [0.1, 0.15) is 0 Å². The second-order valence-corrected chi connectivity index (χ2v) is 6.63. The maximum atomic E-state index is 12.2. The lowest BCUT2D eigenvalue weighted by Crippen LogP contribution is -2.42. The summed E-state index contributed by atoms with van der Waals surface area (Å²) in [5.41, 5.74) is 0. The molecule has 3 nitrogen and oxygen atoms in total. The summed E-state index contributed by atoms with van der Waals surface area (Å²) >= 11 is 1.80. The van der Waals surface area contributed by atoms with Crippen LogP contribution in [-0.4, -0.2) is 30.4 Å². The molecule has 1 saturated heterocycles. The highest BCUT2D eigenvalue weighted by Crippen LogP contribution is 2.42. The van der Waals surface area contributed by atoms with E-state index in [4.69, 9.17) is 0 Å². The molecule has 19 heavy (non-hydrogen) atoms. The Balaban J connectivity index is 1.53. The van der Waals surface area contributed by atoms with Gasteiger partial charge in [0, 0.05) is 24.0 Å². The predicted molar refractivity (Wildman–Crippen MR) is 78.2 cm³/mol. The summed E-state index contributed by atoms with van der Waals surface area (Å²) in [5.74, 6) is 1.02. The van der Waals surface area contributed by atoms with E-state index in [0.717, 1.165) is 19.0 Å². The van der Waals surface area contributed by atoms with Crippen LogP contribution >= 0.6 is 11.3 Å². The standard InChI is InChI=1S/C15H22N2OS/c18-14(17-8-2-1-3-9-17)11-16-15(12-6-7-12)13-5-4-10-19-13/h4-5,10,12,15-16H,1-3,6-9,11H2. The number of carbonyl (C=O) groups excluding carboxylic acids is 1. The van der Waals surface area contributed by atoms with Crippen LogP contribution in [-0.2, 0) is 4.79 Å². The smallest absolute Gasteiger partial charge is 0.236 e. The van der Waals surface area contributed by atoms with Crippen LogP contribution in [0.1, 0.15) is 43.0 Å². The van der Waals surface area contributed by atoms with Crippen molar-refractivity contribution in [3.05, 3.63) is 22.4 Å². The lowest BCUT2D eigenvalue weighted by molar-refractivity contribution is -0.131. The van der Waals surface area contributed by atoms with E-state index in [9.17, 15) is 4.79 Å². The SMILES string of the molecule is O=C(CNC(c1cccs1)C1CC1)N1CCCCC1. The monoisotopic (exact) mass is 278 g/mol. The van der Waals surface area contributed by atoms with Gasteiger partial charge in [-0.05, 0) is 49.5 Å². The summed E-state index contributed by atoms with van der Waals surface area (Å²) < 4.78 is 0. The molecule has 104 valence electrons. The first-order valence-electron chi connectivity index (χ1n) is 7.39. The van der Waals surface area contributed by atoms with Gasteiger partial charge < -0.3 is 10.2 Å². The molecule has 1 aromatic heterocycles. The molecule has 4 heteroatoms. The number of rotatable bonds is 5. The van der Waals surface area contributed by atoms with Crippen LogP contribution in [0, 0.1) is 5.92 Å². The number of likely N-dealkylation sites (tertiary alicyclic amines) is 1. The minimum Gasteiger partial charge on any atom is -0.342 e. The fourth-order valence-electron chi connectivity index (χ4n) is 2.85. The minimum atomic E-state index is 0.280. The van der Waals surface area contributed by atoms with Gasteiger partial charge >= 0.3 is 0 Å². The van der Waals surface area contributed by atoms with E-state index in [1.165, 1.54) is 37.0 Å². The largest absolute Gasteiger partial charge is 0.342 e. The van der Waals surface area contributed by atoms with Gasteiger partial charge in [-0.2, -0.15) is 0 Å². The number of hydrogen-bond donors (Lipinski definition) is 1. The average Bonchev–Trinajstić information content (AvgIpc) is 3.14. The van der Waals surface area contributed by atoms with Crippen LogP contribution in [0.25, 0.3) is 0 Å². The summed E-state index contributed by atoms with van der Waals surface area (Å²) in [6.07, 6.45) is 6.21. The molecule has 1 saturated carbocycles. The van der Waals surface area contributed by atoms with Gasteiger partial charge in [-0.25, -0.2) is 0 Å². The summed E-state index contributed by atoms with van der Waals surface area (Å²) in [4.78, 5) is 15.6. The first-order chi connectivity index (χ1) is 9.34. The van der Waals surface area contributed by atoms with Gasteiger partial charge in [-0.3, -0.25) is 4.79 Å². The van der Waals surface area contributed by atoms with E-state index in [0.29, 0.717) is 12.6 Å². The second kappa shape index (κ2) is 6.06. The van der Waals surface area contributed by atoms with Crippen molar-refractivity contribution in [3.63, 3.8) is 0 Å². The van der Waals surface area contributed by atoms with Crippen LogP contribution in [0.15, 0.2) is 17.5 Å². The van der Waals surface area contributed by atoms with Crippen LogP contribution in [0.2, 0.25) is 0 Å². The molecule has 1 N–H and O–H groups in total. The Labute approximate surface area is 119 Å². The maximum absolute atomic E-state index is 12.2. The molecule has 0 radical (unpaired) electrons. The fraction of sp³-hybridized carbons (Fsp3) is 0.667. The van der Waals surface area contributed by atoms with Crippen molar-refractivity contribution in [1.29, 1.82) is 0 Å². The van der Waals surface area contributed by atoms with E-state index in [1.807, 2.05) is 4.90 Å². The molecule has 1 atom stereocenters. The maximum Gasteiger partial charge on any atom is 0.236 e.